The van der Waals surface area contributed by atoms with E-state index in [1.807, 2.05) is 6.20 Å². The van der Waals surface area contributed by atoms with Crippen molar-refractivity contribution in [3.63, 3.8) is 0 Å². The van der Waals surface area contributed by atoms with Gasteiger partial charge in [0.25, 0.3) is 0 Å². The van der Waals surface area contributed by atoms with Gasteiger partial charge in [-0.05, 0) is 18.6 Å². The van der Waals surface area contributed by atoms with Crippen LogP contribution in [0.1, 0.15) is 12.8 Å². The Bertz CT molecular complexity index is 442. The average molecular weight is 241 g/mol. The van der Waals surface area contributed by atoms with Gasteiger partial charge in [-0.1, -0.05) is 24.3 Å². The van der Waals surface area contributed by atoms with Crippen LogP contribution in [0, 0.1) is 0 Å². The van der Waals surface area contributed by atoms with Crippen LogP contribution < -0.4 is 4.90 Å². The van der Waals surface area contributed by atoms with Gasteiger partial charge >= 0.3 is 0 Å². The van der Waals surface area contributed by atoms with E-state index in [1.165, 1.54) is 11.5 Å². The normalized spacial score (nSPS) is 19.9. The number of rotatable bonds is 1. The molecule has 0 aromatic heterocycles. The first kappa shape index (κ1) is 11.3. The first-order chi connectivity index (χ1) is 8.93. The highest BCUT2D eigenvalue weighted by Gasteiger charge is 2.19. The van der Waals surface area contributed by atoms with Crippen LogP contribution >= 0.6 is 0 Å². The van der Waals surface area contributed by atoms with E-state index in [4.69, 9.17) is 0 Å². The van der Waals surface area contributed by atoms with Gasteiger partial charge in [0.2, 0.25) is 0 Å². The molecule has 1 saturated heterocycles. The second kappa shape index (κ2) is 5.25. The molecule has 0 spiro atoms. The molecular weight excluding hydrogens is 222 g/mol. The van der Waals surface area contributed by atoms with Crippen LogP contribution in [0.4, 0.5) is 5.69 Å². The number of piperazine rings is 1. The quantitative estimate of drug-likeness (QED) is 0.752. The average Bonchev–Trinajstić information content (AvgIpc) is 2.49. The lowest BCUT2D eigenvalue weighted by molar-refractivity contribution is 0.378. The second-order valence-electron chi connectivity index (χ2n) is 4.78. The van der Waals surface area contributed by atoms with Crippen LogP contribution in [-0.4, -0.2) is 36.9 Å². The smallest absolute Gasteiger partial charge is 0.104 e. The third-order valence-corrected chi connectivity index (χ3v) is 3.63. The fraction of sp³-hybridized carbons (Fsp3) is 0.400. The largest absolute Gasteiger partial charge is 0.368 e. The molecule has 2 aliphatic heterocycles. The zero-order valence-corrected chi connectivity index (χ0v) is 10.6. The molecule has 18 heavy (non-hydrogen) atoms. The predicted molar refractivity (Wildman–Crippen MR) is 76.0 cm³/mol. The van der Waals surface area contributed by atoms with Crippen LogP contribution in [-0.2, 0) is 0 Å². The summed E-state index contributed by atoms with van der Waals surface area (Å²) in [6.45, 7) is 4.35. The standard InChI is InChI=1S/C15H19N3/c1-2-6-14(7-3-1)17-10-12-18(13-11-17)15-8-4-5-9-16-15/h1-3,5-7,9H,4,8,10-13H2. The third-order valence-electron chi connectivity index (χ3n) is 3.63. The Kier molecular flexibility index (Phi) is 3.31. The molecule has 0 saturated carbocycles. The second-order valence-corrected chi connectivity index (χ2v) is 4.78. The Morgan fingerprint density at radius 1 is 0.889 bits per heavy atom. The Balaban J connectivity index is 1.61. The number of amidine groups is 1. The number of para-hydroxylation sites is 1. The van der Waals surface area contributed by atoms with E-state index in [1.54, 1.807) is 0 Å². The molecular formula is C15H19N3. The molecule has 2 heterocycles. The summed E-state index contributed by atoms with van der Waals surface area (Å²) in [4.78, 5) is 9.38. The lowest BCUT2D eigenvalue weighted by Gasteiger charge is -2.38. The maximum Gasteiger partial charge on any atom is 0.104 e. The number of allylic oxidation sites excluding steroid dienone is 1. The lowest BCUT2D eigenvalue weighted by atomic mass is 10.2. The van der Waals surface area contributed by atoms with Gasteiger partial charge < -0.3 is 9.80 Å². The summed E-state index contributed by atoms with van der Waals surface area (Å²) in [5.41, 5.74) is 1.34. The number of anilines is 1. The van der Waals surface area contributed by atoms with Gasteiger partial charge in [0.1, 0.15) is 5.84 Å². The highest BCUT2D eigenvalue weighted by molar-refractivity contribution is 5.84. The number of hydrogen-bond acceptors (Lipinski definition) is 3. The van der Waals surface area contributed by atoms with Gasteiger partial charge in [0.05, 0.1) is 0 Å². The SMILES string of the molecule is C1=CN=C(N2CCN(c3ccccc3)CC2)CC1. The van der Waals surface area contributed by atoms with Gasteiger partial charge in [-0.2, -0.15) is 0 Å². The van der Waals surface area contributed by atoms with Crippen LogP contribution in [0.5, 0.6) is 0 Å². The van der Waals surface area contributed by atoms with Crippen molar-refractivity contribution in [3.8, 4) is 0 Å². The third kappa shape index (κ3) is 2.40. The van der Waals surface area contributed by atoms with E-state index < -0.39 is 0 Å². The summed E-state index contributed by atoms with van der Waals surface area (Å²) in [6.07, 6.45) is 6.33. The molecule has 0 unspecified atom stereocenters. The van der Waals surface area contributed by atoms with Crippen molar-refractivity contribution in [2.45, 2.75) is 12.8 Å². The minimum atomic E-state index is 1.08. The van der Waals surface area contributed by atoms with E-state index in [-0.39, 0.29) is 0 Å². The Labute approximate surface area is 108 Å². The fourth-order valence-corrected chi connectivity index (χ4v) is 2.59. The Hall–Kier alpha value is -1.77. The summed E-state index contributed by atoms with van der Waals surface area (Å²) in [5.74, 6) is 1.27. The van der Waals surface area contributed by atoms with Crippen molar-refractivity contribution in [3.05, 3.63) is 42.6 Å². The predicted octanol–water partition coefficient (Wildman–Crippen LogP) is 2.51. The van der Waals surface area contributed by atoms with Gasteiger partial charge in [-0.25, -0.2) is 4.99 Å². The van der Waals surface area contributed by atoms with Crippen molar-refractivity contribution >= 4 is 11.5 Å². The van der Waals surface area contributed by atoms with Crippen LogP contribution in [0.15, 0.2) is 47.6 Å². The molecule has 0 amide bonds. The molecule has 3 heteroatoms. The van der Waals surface area contributed by atoms with E-state index in [0.29, 0.717) is 0 Å². The molecule has 0 radical (unpaired) electrons. The number of nitrogens with zero attached hydrogens (tertiary/aromatic N) is 3. The molecule has 0 N–H and O–H groups in total. The molecule has 94 valence electrons. The van der Waals surface area contributed by atoms with Crippen molar-refractivity contribution in [2.75, 3.05) is 31.1 Å². The minimum Gasteiger partial charge on any atom is -0.368 e. The van der Waals surface area contributed by atoms with Gasteiger partial charge in [-0.15, -0.1) is 0 Å². The van der Waals surface area contributed by atoms with Gasteiger partial charge in [-0.3, -0.25) is 0 Å². The first-order valence-electron chi connectivity index (χ1n) is 6.70. The molecule has 1 fully saturated rings. The minimum absolute atomic E-state index is 1.08. The van der Waals surface area contributed by atoms with Crippen LogP contribution in [0.25, 0.3) is 0 Å². The molecule has 2 aliphatic rings. The zero-order valence-electron chi connectivity index (χ0n) is 10.6. The maximum absolute atomic E-state index is 4.49. The summed E-state index contributed by atoms with van der Waals surface area (Å²) >= 11 is 0. The van der Waals surface area contributed by atoms with Crippen molar-refractivity contribution in [2.24, 2.45) is 4.99 Å². The lowest BCUT2D eigenvalue weighted by Crippen LogP contribution is -2.48. The number of aliphatic imine (C=N–C) groups is 1. The molecule has 0 bridgehead atoms. The Morgan fingerprint density at radius 3 is 2.28 bits per heavy atom. The van der Waals surface area contributed by atoms with E-state index >= 15 is 0 Å². The fourth-order valence-electron chi connectivity index (χ4n) is 2.59. The van der Waals surface area contributed by atoms with E-state index in [9.17, 15) is 0 Å². The van der Waals surface area contributed by atoms with Crippen molar-refractivity contribution in [1.82, 2.24) is 4.90 Å². The molecule has 3 rings (SSSR count). The summed E-state index contributed by atoms with van der Waals surface area (Å²) in [5, 5.41) is 0. The van der Waals surface area contributed by atoms with E-state index in [2.05, 4.69) is 51.2 Å². The molecule has 0 aliphatic carbocycles. The van der Waals surface area contributed by atoms with Gasteiger partial charge in [0, 0.05) is 44.5 Å². The Morgan fingerprint density at radius 2 is 1.61 bits per heavy atom. The summed E-state index contributed by atoms with van der Waals surface area (Å²) < 4.78 is 0. The topological polar surface area (TPSA) is 18.8 Å². The van der Waals surface area contributed by atoms with Crippen LogP contribution in [0.3, 0.4) is 0 Å². The van der Waals surface area contributed by atoms with Crippen LogP contribution in [0.2, 0.25) is 0 Å². The highest BCUT2D eigenvalue weighted by atomic mass is 15.3. The van der Waals surface area contributed by atoms with Crippen molar-refractivity contribution < 1.29 is 0 Å². The number of hydrogen-bond donors (Lipinski definition) is 0. The van der Waals surface area contributed by atoms with Gasteiger partial charge in [0.15, 0.2) is 0 Å². The van der Waals surface area contributed by atoms with Crippen molar-refractivity contribution in [1.29, 1.82) is 0 Å². The zero-order chi connectivity index (χ0) is 12.2. The van der Waals surface area contributed by atoms with E-state index in [0.717, 1.165) is 39.0 Å². The monoisotopic (exact) mass is 241 g/mol. The maximum atomic E-state index is 4.49. The molecule has 3 nitrogen and oxygen atoms in total. The molecule has 1 aromatic carbocycles. The number of benzene rings is 1. The molecule has 0 atom stereocenters. The summed E-state index contributed by atoms with van der Waals surface area (Å²) in [6, 6.07) is 10.7. The molecule has 1 aromatic rings. The summed E-state index contributed by atoms with van der Waals surface area (Å²) in [7, 11) is 0. The first-order valence-corrected chi connectivity index (χ1v) is 6.70. The highest BCUT2D eigenvalue weighted by Crippen LogP contribution is 2.17.